The summed E-state index contributed by atoms with van der Waals surface area (Å²) in [5.74, 6) is 0.260. The molecule has 2 aliphatic rings. The van der Waals surface area contributed by atoms with E-state index in [2.05, 4.69) is 18.2 Å². The molecular formula is C22H22N4O. The van der Waals surface area contributed by atoms with Gasteiger partial charge in [-0.15, -0.1) is 0 Å². The maximum absolute atomic E-state index is 13.2. The zero-order valence-electron chi connectivity index (χ0n) is 15.5. The minimum atomic E-state index is -0.873. The molecule has 2 atom stereocenters. The van der Waals surface area contributed by atoms with Crippen LogP contribution < -0.4 is 5.73 Å². The number of likely N-dealkylation sites (N-methyl/N-ethyl adjacent to an activating group) is 1. The third-order valence-corrected chi connectivity index (χ3v) is 5.72. The maximum atomic E-state index is 13.2. The van der Waals surface area contributed by atoms with Crippen molar-refractivity contribution in [1.82, 2.24) is 4.90 Å². The van der Waals surface area contributed by atoms with Gasteiger partial charge < -0.3 is 5.73 Å². The minimum absolute atomic E-state index is 0.0912. The number of nitrogens with zero attached hydrogens (tertiary/aromatic N) is 3. The van der Waals surface area contributed by atoms with Crippen LogP contribution in [0.1, 0.15) is 53.9 Å². The molecule has 2 N–H and O–H groups in total. The van der Waals surface area contributed by atoms with Crippen LogP contribution in [-0.4, -0.2) is 23.8 Å². The largest absolute Gasteiger partial charge is 0.369 e. The average Bonchev–Trinajstić information content (AvgIpc) is 3.52. The predicted octanol–water partition coefficient (Wildman–Crippen LogP) is 3.22. The number of benzene rings is 2. The van der Waals surface area contributed by atoms with Gasteiger partial charge in [-0.2, -0.15) is 5.26 Å². The van der Waals surface area contributed by atoms with Gasteiger partial charge in [0.1, 0.15) is 5.54 Å². The van der Waals surface area contributed by atoms with E-state index in [-0.39, 0.29) is 11.9 Å². The molecular weight excluding hydrogens is 336 g/mol. The number of carbonyl (C=O) groups is 1. The molecule has 0 spiro atoms. The first-order valence-corrected chi connectivity index (χ1v) is 9.17. The molecule has 1 saturated carbocycles. The van der Waals surface area contributed by atoms with E-state index in [1.54, 1.807) is 19.2 Å². The fourth-order valence-corrected chi connectivity index (χ4v) is 3.90. The Morgan fingerprint density at radius 3 is 2.48 bits per heavy atom. The van der Waals surface area contributed by atoms with Gasteiger partial charge in [0, 0.05) is 7.05 Å². The number of nitrogens with two attached hydrogens (primary N) is 1. The summed E-state index contributed by atoms with van der Waals surface area (Å²) < 4.78 is 0. The van der Waals surface area contributed by atoms with Crippen LogP contribution >= 0.6 is 0 Å². The van der Waals surface area contributed by atoms with Gasteiger partial charge in [-0.3, -0.25) is 9.69 Å². The van der Waals surface area contributed by atoms with E-state index in [1.165, 1.54) is 23.3 Å². The Bertz CT molecular complexity index is 969. The van der Waals surface area contributed by atoms with Crippen LogP contribution in [-0.2, 0) is 10.3 Å². The highest BCUT2D eigenvalue weighted by atomic mass is 16.2. The summed E-state index contributed by atoms with van der Waals surface area (Å²) in [6.45, 7) is 1.92. The molecule has 136 valence electrons. The summed E-state index contributed by atoms with van der Waals surface area (Å²) in [5, 5.41) is 9.28. The van der Waals surface area contributed by atoms with Gasteiger partial charge in [-0.25, -0.2) is 4.99 Å². The summed E-state index contributed by atoms with van der Waals surface area (Å²) in [5.41, 5.74) is 8.77. The monoisotopic (exact) mass is 358 g/mol. The van der Waals surface area contributed by atoms with Crippen molar-refractivity contribution < 1.29 is 4.79 Å². The van der Waals surface area contributed by atoms with E-state index in [0.717, 1.165) is 11.1 Å². The minimum Gasteiger partial charge on any atom is -0.369 e. The van der Waals surface area contributed by atoms with Gasteiger partial charge in [-0.05, 0) is 54.5 Å². The van der Waals surface area contributed by atoms with Gasteiger partial charge in [0.25, 0.3) is 0 Å². The van der Waals surface area contributed by atoms with Crippen LogP contribution in [0.15, 0.2) is 53.5 Å². The Morgan fingerprint density at radius 2 is 1.85 bits per heavy atom. The van der Waals surface area contributed by atoms with E-state index >= 15 is 0 Å². The lowest BCUT2D eigenvalue weighted by atomic mass is 9.74. The fourth-order valence-electron chi connectivity index (χ4n) is 3.90. The van der Waals surface area contributed by atoms with Crippen molar-refractivity contribution in [3.8, 4) is 6.07 Å². The molecule has 0 aromatic heterocycles. The maximum Gasteiger partial charge on any atom is 0.239 e. The number of carbonyl (C=O) groups excluding carboxylic acids is 1. The molecule has 1 aliphatic carbocycles. The Morgan fingerprint density at radius 1 is 1.19 bits per heavy atom. The zero-order valence-corrected chi connectivity index (χ0v) is 15.5. The first-order valence-electron chi connectivity index (χ1n) is 9.17. The second-order valence-electron chi connectivity index (χ2n) is 7.58. The van der Waals surface area contributed by atoms with Gasteiger partial charge in [0.05, 0.1) is 17.6 Å². The number of guanidine groups is 1. The lowest BCUT2D eigenvalue weighted by molar-refractivity contribution is -0.130. The van der Waals surface area contributed by atoms with Crippen molar-refractivity contribution in [3.05, 3.63) is 70.8 Å². The molecule has 5 heteroatoms. The molecule has 4 rings (SSSR count). The van der Waals surface area contributed by atoms with Crippen LogP contribution in [0.2, 0.25) is 0 Å². The molecule has 0 radical (unpaired) electrons. The molecule has 5 nitrogen and oxygen atoms in total. The van der Waals surface area contributed by atoms with Crippen molar-refractivity contribution in [1.29, 1.82) is 5.26 Å². The lowest BCUT2D eigenvalue weighted by Crippen LogP contribution is -2.52. The number of nitriles is 1. The number of hydrogen-bond acceptors (Lipinski definition) is 4. The van der Waals surface area contributed by atoms with E-state index in [1.807, 2.05) is 31.2 Å². The highest BCUT2D eigenvalue weighted by Crippen LogP contribution is 2.45. The third kappa shape index (κ3) is 2.87. The van der Waals surface area contributed by atoms with Crippen LogP contribution in [0, 0.1) is 11.3 Å². The molecule has 0 bridgehead atoms. The Hall–Kier alpha value is -3.13. The summed E-state index contributed by atoms with van der Waals surface area (Å²) >= 11 is 0. The summed E-state index contributed by atoms with van der Waals surface area (Å²) in [7, 11) is 1.65. The smallest absolute Gasteiger partial charge is 0.239 e. The third-order valence-electron chi connectivity index (χ3n) is 5.72. The second-order valence-corrected chi connectivity index (χ2v) is 7.58. The van der Waals surface area contributed by atoms with Crippen LogP contribution in [0.3, 0.4) is 0 Å². The highest BCUT2D eigenvalue weighted by molar-refractivity contribution is 6.02. The molecule has 1 amide bonds. The van der Waals surface area contributed by atoms with Crippen molar-refractivity contribution in [2.24, 2.45) is 10.7 Å². The lowest BCUT2D eigenvalue weighted by Gasteiger charge is -2.41. The average molecular weight is 358 g/mol. The normalized spacial score (nSPS) is 25.1. The molecule has 1 heterocycles. The molecule has 2 aromatic rings. The fraction of sp³-hybridized carbons (Fsp3) is 0.318. The first kappa shape index (κ1) is 17.3. The van der Waals surface area contributed by atoms with Gasteiger partial charge >= 0.3 is 0 Å². The topological polar surface area (TPSA) is 82.5 Å². The number of amides is 1. The van der Waals surface area contributed by atoms with Crippen LogP contribution in [0.5, 0.6) is 0 Å². The number of aliphatic imine (C=N–C) groups is 1. The summed E-state index contributed by atoms with van der Waals surface area (Å²) in [6.07, 6.45) is 2.48. The predicted molar refractivity (Wildman–Crippen MR) is 104 cm³/mol. The molecule has 1 aliphatic heterocycles. The SMILES string of the molecule is CN1C(=O)[C@@H](c2ccc(C3CC3)cc2)[C@@](C)(c2cccc(C#N)c2)N=C1N. The second kappa shape index (κ2) is 6.24. The molecule has 27 heavy (non-hydrogen) atoms. The Labute approximate surface area is 159 Å². The summed E-state index contributed by atoms with van der Waals surface area (Å²) in [4.78, 5) is 19.3. The molecule has 0 unspecified atom stereocenters. The van der Waals surface area contributed by atoms with E-state index < -0.39 is 11.5 Å². The van der Waals surface area contributed by atoms with Gasteiger partial charge in [-0.1, -0.05) is 36.4 Å². The number of hydrogen-bond donors (Lipinski definition) is 1. The van der Waals surface area contributed by atoms with Crippen molar-refractivity contribution >= 4 is 11.9 Å². The molecule has 1 fully saturated rings. The standard InChI is InChI=1S/C22H22N4O/c1-22(18-5-3-4-14(12-18)13-23)19(20(27)26(2)21(24)25-22)17-10-8-16(9-11-17)15-6-7-15/h3-5,8-12,15,19H,6-7H2,1-2H3,(H2,24,25)/t19-,22-/m1/s1. The van der Waals surface area contributed by atoms with Crippen molar-refractivity contribution in [2.45, 2.75) is 37.1 Å². The van der Waals surface area contributed by atoms with Crippen LogP contribution in [0.4, 0.5) is 0 Å². The van der Waals surface area contributed by atoms with Gasteiger partial charge in [0.15, 0.2) is 5.96 Å². The van der Waals surface area contributed by atoms with E-state index in [9.17, 15) is 10.1 Å². The molecule has 0 saturated heterocycles. The Balaban J connectivity index is 1.84. The van der Waals surface area contributed by atoms with Gasteiger partial charge in [0.2, 0.25) is 5.91 Å². The van der Waals surface area contributed by atoms with Crippen molar-refractivity contribution in [3.63, 3.8) is 0 Å². The van der Waals surface area contributed by atoms with Crippen molar-refractivity contribution in [2.75, 3.05) is 7.05 Å². The molecule has 2 aromatic carbocycles. The highest BCUT2D eigenvalue weighted by Gasteiger charge is 2.47. The Kier molecular flexibility index (Phi) is 4.00. The zero-order chi connectivity index (χ0) is 19.2. The van der Waals surface area contributed by atoms with E-state index in [0.29, 0.717) is 11.5 Å². The van der Waals surface area contributed by atoms with Crippen LogP contribution in [0.25, 0.3) is 0 Å². The quantitative estimate of drug-likeness (QED) is 0.914. The number of rotatable bonds is 3. The van der Waals surface area contributed by atoms with E-state index in [4.69, 9.17) is 10.7 Å². The summed E-state index contributed by atoms with van der Waals surface area (Å²) in [6, 6.07) is 17.7. The first-order chi connectivity index (χ1) is 12.9.